The molecular weight excluding hydrogens is 903 g/mol. The predicted molar refractivity (Wildman–Crippen MR) is 332 cm³/mol. The van der Waals surface area contributed by atoms with E-state index in [1.54, 1.807) is 0 Å². The van der Waals surface area contributed by atoms with Gasteiger partial charge in [0, 0.05) is 45.1 Å². The first-order valence-electron chi connectivity index (χ1n) is 34.8. The number of hydrogen-bond donors (Lipinski definition) is 1. The molecule has 0 heterocycles. The molecule has 0 saturated heterocycles. The van der Waals surface area contributed by atoms with E-state index in [-0.39, 0.29) is 0 Å². The Balaban J connectivity index is 4.74. The van der Waals surface area contributed by atoms with Crippen LogP contribution in [-0.4, -0.2) is 60.4 Å². The minimum atomic E-state index is 0.437. The summed E-state index contributed by atoms with van der Waals surface area (Å²) in [5.74, 6) is 0.874. The van der Waals surface area contributed by atoms with Gasteiger partial charge in [0.2, 0.25) is 11.8 Å². The third kappa shape index (κ3) is 54.3. The van der Waals surface area contributed by atoms with Gasteiger partial charge in [-0.05, 0) is 64.3 Å². The number of nitrogens with one attached hydrogen (secondary N) is 1. The second kappa shape index (κ2) is 62.7. The molecule has 0 fully saturated rings. The summed E-state index contributed by atoms with van der Waals surface area (Å²) in [6, 6.07) is 0.663. The van der Waals surface area contributed by atoms with Crippen LogP contribution in [0.25, 0.3) is 0 Å². The predicted octanol–water partition coefficient (Wildman–Crippen LogP) is 22.5. The molecule has 0 spiro atoms. The van der Waals surface area contributed by atoms with Crippen LogP contribution in [0.15, 0.2) is 0 Å². The molecule has 0 aromatic rings. The van der Waals surface area contributed by atoms with Gasteiger partial charge < -0.3 is 15.1 Å². The van der Waals surface area contributed by atoms with E-state index in [2.05, 4.69) is 49.7 Å². The lowest BCUT2D eigenvalue weighted by molar-refractivity contribution is -0.132. The zero-order chi connectivity index (χ0) is 53.7. The van der Waals surface area contributed by atoms with Crippen LogP contribution in [0, 0.1) is 0 Å². The standard InChI is InChI=1S/C69H139N3O2/c1-6-11-16-21-26-35-44-53-62-70-67(58-49-40-31-33-42-51-60-68(73)71(63-54-45-36-27-22-17-12-7-2)64-55-46-37-28-23-18-13-8-3)59-50-41-32-34-43-52-61-69(74)72(65-56-47-38-29-24-19-14-9-4)66-57-48-39-30-25-20-15-10-5/h67,70H,6-66H2,1-5H3. The Bertz CT molecular complexity index is 970. The molecular formula is C69H139N3O2. The minimum absolute atomic E-state index is 0.437. The summed E-state index contributed by atoms with van der Waals surface area (Å²) in [6.45, 7) is 16.6. The van der Waals surface area contributed by atoms with Crippen LogP contribution < -0.4 is 5.32 Å². The van der Waals surface area contributed by atoms with Gasteiger partial charge in [-0.2, -0.15) is 0 Å². The Labute approximate surface area is 467 Å². The Kier molecular flexibility index (Phi) is 61.8. The highest BCUT2D eigenvalue weighted by molar-refractivity contribution is 5.76. The van der Waals surface area contributed by atoms with Crippen molar-refractivity contribution in [3.63, 3.8) is 0 Å². The van der Waals surface area contributed by atoms with Crippen LogP contribution in [-0.2, 0) is 9.59 Å². The van der Waals surface area contributed by atoms with Gasteiger partial charge in [0.15, 0.2) is 0 Å². The fourth-order valence-electron chi connectivity index (χ4n) is 11.4. The second-order valence-corrected chi connectivity index (χ2v) is 24.1. The molecule has 0 unspecified atom stereocenters. The number of carbonyl (C=O) groups excluding carboxylic acids is 2. The van der Waals surface area contributed by atoms with E-state index in [4.69, 9.17) is 0 Å². The van der Waals surface area contributed by atoms with Gasteiger partial charge in [0.05, 0.1) is 0 Å². The molecule has 5 nitrogen and oxygen atoms in total. The first-order chi connectivity index (χ1) is 36.5. The van der Waals surface area contributed by atoms with Gasteiger partial charge in [-0.1, -0.05) is 324 Å². The van der Waals surface area contributed by atoms with E-state index in [1.165, 1.54) is 340 Å². The average molecular weight is 1040 g/mol. The molecule has 0 atom stereocenters. The first kappa shape index (κ1) is 72.9. The van der Waals surface area contributed by atoms with Crippen LogP contribution >= 0.6 is 0 Å². The Morgan fingerprint density at radius 2 is 0.459 bits per heavy atom. The summed E-state index contributed by atoms with van der Waals surface area (Å²) in [6.07, 6.45) is 72.9. The maximum atomic E-state index is 13.5. The monoisotopic (exact) mass is 1040 g/mol. The van der Waals surface area contributed by atoms with E-state index in [0.717, 1.165) is 51.9 Å². The van der Waals surface area contributed by atoms with Crippen molar-refractivity contribution in [1.29, 1.82) is 0 Å². The fraction of sp³-hybridized carbons (Fsp3) is 0.971. The van der Waals surface area contributed by atoms with Gasteiger partial charge in [-0.25, -0.2) is 0 Å². The number of carbonyl (C=O) groups is 2. The molecule has 0 bridgehead atoms. The molecule has 0 rings (SSSR count). The van der Waals surface area contributed by atoms with Crippen molar-refractivity contribution in [2.45, 2.75) is 400 Å². The lowest BCUT2D eigenvalue weighted by Gasteiger charge is -2.23. The van der Waals surface area contributed by atoms with Crippen molar-refractivity contribution in [3.8, 4) is 0 Å². The number of rotatable bonds is 64. The largest absolute Gasteiger partial charge is 0.343 e. The van der Waals surface area contributed by atoms with Crippen molar-refractivity contribution in [1.82, 2.24) is 15.1 Å². The maximum absolute atomic E-state index is 13.5. The highest BCUT2D eigenvalue weighted by atomic mass is 16.2. The molecule has 0 aliphatic heterocycles. The van der Waals surface area contributed by atoms with Crippen molar-refractivity contribution >= 4 is 11.8 Å². The molecule has 2 amide bonds. The Morgan fingerprint density at radius 3 is 0.716 bits per heavy atom. The smallest absolute Gasteiger partial charge is 0.222 e. The quantitative estimate of drug-likeness (QED) is 0.0618. The van der Waals surface area contributed by atoms with Crippen LogP contribution in [0.4, 0.5) is 0 Å². The molecule has 0 aromatic carbocycles. The molecule has 1 N–H and O–H groups in total. The SMILES string of the molecule is CCCCCCCCCCNC(CCCCCCCCC(=O)N(CCCCCCCCCC)CCCCCCCCCC)CCCCCCCCC(=O)N(CCCCCCCCCC)CCCCCCCCCC. The van der Waals surface area contributed by atoms with Crippen molar-refractivity contribution in [2.75, 3.05) is 32.7 Å². The molecule has 0 aliphatic carbocycles. The van der Waals surface area contributed by atoms with Crippen LogP contribution in [0.2, 0.25) is 0 Å². The normalized spacial score (nSPS) is 11.6. The number of amides is 2. The van der Waals surface area contributed by atoms with Crippen LogP contribution in [0.1, 0.15) is 394 Å². The molecule has 0 aliphatic rings. The van der Waals surface area contributed by atoms with Gasteiger partial charge in [-0.15, -0.1) is 0 Å². The number of unbranched alkanes of at least 4 members (excludes halogenated alkanes) is 45. The van der Waals surface area contributed by atoms with E-state index in [0.29, 0.717) is 17.9 Å². The summed E-state index contributed by atoms with van der Waals surface area (Å²) < 4.78 is 0. The highest BCUT2D eigenvalue weighted by Gasteiger charge is 2.15. The first-order valence-corrected chi connectivity index (χ1v) is 34.8. The van der Waals surface area contributed by atoms with Gasteiger partial charge >= 0.3 is 0 Å². The molecule has 0 saturated carbocycles. The van der Waals surface area contributed by atoms with E-state index < -0.39 is 0 Å². The Morgan fingerprint density at radius 1 is 0.257 bits per heavy atom. The maximum Gasteiger partial charge on any atom is 0.222 e. The third-order valence-electron chi connectivity index (χ3n) is 16.7. The molecule has 5 heteroatoms. The highest BCUT2D eigenvalue weighted by Crippen LogP contribution is 2.19. The van der Waals surface area contributed by atoms with E-state index in [9.17, 15) is 9.59 Å². The van der Waals surface area contributed by atoms with Crippen molar-refractivity contribution in [2.24, 2.45) is 0 Å². The van der Waals surface area contributed by atoms with Gasteiger partial charge in [0.1, 0.15) is 0 Å². The Hall–Kier alpha value is -1.10. The number of hydrogen-bond acceptors (Lipinski definition) is 3. The minimum Gasteiger partial charge on any atom is -0.343 e. The molecule has 0 radical (unpaired) electrons. The second-order valence-electron chi connectivity index (χ2n) is 24.1. The summed E-state index contributed by atoms with van der Waals surface area (Å²) in [5, 5.41) is 4.04. The summed E-state index contributed by atoms with van der Waals surface area (Å²) in [5.41, 5.74) is 0. The van der Waals surface area contributed by atoms with Gasteiger partial charge in [0.25, 0.3) is 0 Å². The van der Waals surface area contributed by atoms with E-state index in [1.807, 2.05) is 0 Å². The van der Waals surface area contributed by atoms with Crippen molar-refractivity contribution < 1.29 is 9.59 Å². The van der Waals surface area contributed by atoms with Crippen LogP contribution in [0.5, 0.6) is 0 Å². The number of nitrogens with zero attached hydrogens (tertiary/aromatic N) is 2. The fourth-order valence-corrected chi connectivity index (χ4v) is 11.4. The third-order valence-corrected chi connectivity index (χ3v) is 16.7. The molecule has 74 heavy (non-hydrogen) atoms. The lowest BCUT2D eigenvalue weighted by Crippen LogP contribution is -2.32. The topological polar surface area (TPSA) is 52.7 Å². The summed E-state index contributed by atoms with van der Waals surface area (Å²) in [4.78, 5) is 31.5. The molecule has 0 aromatic heterocycles. The van der Waals surface area contributed by atoms with Crippen LogP contribution in [0.3, 0.4) is 0 Å². The zero-order valence-electron chi connectivity index (χ0n) is 51.9. The van der Waals surface area contributed by atoms with E-state index >= 15 is 0 Å². The average Bonchev–Trinajstić information content (AvgIpc) is 3.40. The van der Waals surface area contributed by atoms with Gasteiger partial charge in [-0.3, -0.25) is 9.59 Å². The molecule has 442 valence electrons. The van der Waals surface area contributed by atoms with Crippen molar-refractivity contribution in [3.05, 3.63) is 0 Å². The summed E-state index contributed by atoms with van der Waals surface area (Å²) >= 11 is 0. The lowest BCUT2D eigenvalue weighted by atomic mass is 9.99. The summed E-state index contributed by atoms with van der Waals surface area (Å²) in [7, 11) is 0. The zero-order valence-corrected chi connectivity index (χ0v) is 51.9.